The molecule has 33 heavy (non-hydrogen) atoms. The van der Waals surface area contributed by atoms with Crippen molar-refractivity contribution in [3.8, 4) is 0 Å². The molecule has 9 heteroatoms. The van der Waals surface area contributed by atoms with Crippen LogP contribution in [0.1, 0.15) is 64.1 Å². The molecule has 0 saturated carbocycles. The Morgan fingerprint density at radius 3 is 2.48 bits per heavy atom. The highest BCUT2D eigenvalue weighted by atomic mass is 32.1. The van der Waals surface area contributed by atoms with Gasteiger partial charge in [0.15, 0.2) is 5.13 Å². The average Bonchev–Trinajstić information content (AvgIpc) is 3.36. The molecule has 1 aromatic carbocycles. The number of anilines is 2. The topological polar surface area (TPSA) is 102 Å². The average molecular weight is 470 g/mol. The number of hydrogen-bond acceptors (Lipinski definition) is 7. The highest BCUT2D eigenvalue weighted by Gasteiger charge is 2.25. The number of hydrogen-bond donors (Lipinski definition) is 1. The van der Waals surface area contributed by atoms with Crippen molar-refractivity contribution in [1.29, 1.82) is 0 Å². The van der Waals surface area contributed by atoms with Crippen LogP contribution in [-0.2, 0) is 27.3 Å². The summed E-state index contributed by atoms with van der Waals surface area (Å²) < 4.78 is 10.5. The number of nitrogens with one attached hydrogen (secondary N) is 1. The van der Waals surface area contributed by atoms with Gasteiger partial charge in [-0.25, -0.2) is 14.6 Å². The zero-order chi connectivity index (χ0) is 24.1. The first kappa shape index (κ1) is 24.2. The van der Waals surface area contributed by atoms with Gasteiger partial charge < -0.3 is 14.5 Å². The van der Waals surface area contributed by atoms with Crippen molar-refractivity contribution in [2.45, 2.75) is 47.6 Å². The lowest BCUT2D eigenvalue weighted by Gasteiger charge is -2.20. The second-order valence-corrected chi connectivity index (χ2v) is 8.22. The molecule has 0 aliphatic heterocycles. The molecule has 0 atom stereocenters. The van der Waals surface area contributed by atoms with Gasteiger partial charge >= 0.3 is 11.9 Å². The Morgan fingerprint density at radius 2 is 1.82 bits per heavy atom. The number of nitrogens with zero attached hydrogens (tertiary/aromatic N) is 2. The minimum absolute atomic E-state index is 0.0602. The summed E-state index contributed by atoms with van der Waals surface area (Å²) in [5.74, 6) is -1.23. The monoisotopic (exact) mass is 469 g/mol. The number of carbonyl (C=O) groups is 3. The molecular weight excluding hydrogens is 442 g/mol. The minimum atomic E-state index is -0.564. The largest absolute Gasteiger partial charge is 0.461 e. The second kappa shape index (κ2) is 10.4. The summed E-state index contributed by atoms with van der Waals surface area (Å²) in [5.41, 5.74) is 3.90. The van der Waals surface area contributed by atoms with Crippen LogP contribution in [0.15, 0.2) is 29.6 Å². The first-order valence-electron chi connectivity index (χ1n) is 10.6. The Morgan fingerprint density at radius 1 is 1.09 bits per heavy atom. The number of para-hydroxylation sites is 1. The fourth-order valence-corrected chi connectivity index (χ4v) is 4.44. The lowest BCUT2D eigenvalue weighted by Crippen LogP contribution is -2.23. The molecule has 0 fully saturated rings. The van der Waals surface area contributed by atoms with Crippen molar-refractivity contribution in [3.63, 3.8) is 0 Å². The van der Waals surface area contributed by atoms with Crippen LogP contribution in [0.5, 0.6) is 0 Å². The van der Waals surface area contributed by atoms with E-state index in [1.54, 1.807) is 31.1 Å². The molecular formula is C24H27N3O5S. The molecule has 174 valence electrons. The molecule has 3 aromatic rings. The van der Waals surface area contributed by atoms with Crippen LogP contribution in [0.2, 0.25) is 0 Å². The lowest BCUT2D eigenvalue weighted by molar-refractivity contribution is -0.115. The molecule has 3 rings (SSSR count). The highest BCUT2D eigenvalue weighted by Crippen LogP contribution is 2.32. The van der Waals surface area contributed by atoms with E-state index < -0.39 is 11.9 Å². The number of aryl methyl sites for hydroxylation is 2. The lowest BCUT2D eigenvalue weighted by atomic mass is 10.1. The third-order valence-corrected chi connectivity index (χ3v) is 6.01. The molecule has 0 aliphatic rings. The van der Waals surface area contributed by atoms with Crippen LogP contribution in [0, 0.1) is 13.8 Å². The summed E-state index contributed by atoms with van der Waals surface area (Å²) in [6.45, 7) is 8.78. The van der Waals surface area contributed by atoms with Crippen LogP contribution in [-0.4, -0.2) is 34.4 Å². The third-order valence-electron chi connectivity index (χ3n) is 5.13. The van der Waals surface area contributed by atoms with E-state index in [1.807, 2.05) is 31.2 Å². The maximum atomic E-state index is 12.7. The Kier molecular flexibility index (Phi) is 7.65. The van der Waals surface area contributed by atoms with E-state index in [0.717, 1.165) is 17.7 Å². The molecule has 0 bridgehead atoms. The third kappa shape index (κ3) is 5.14. The van der Waals surface area contributed by atoms with Crippen molar-refractivity contribution >= 4 is 40.0 Å². The van der Waals surface area contributed by atoms with Crippen molar-refractivity contribution in [1.82, 2.24) is 9.97 Å². The molecule has 1 N–H and O–H groups in total. The van der Waals surface area contributed by atoms with E-state index in [0.29, 0.717) is 27.6 Å². The number of aromatic amines is 1. The quantitative estimate of drug-likeness (QED) is 0.472. The number of esters is 2. The van der Waals surface area contributed by atoms with Crippen molar-refractivity contribution in [2.24, 2.45) is 0 Å². The molecule has 0 aliphatic carbocycles. The molecule has 2 heterocycles. The predicted molar refractivity (Wildman–Crippen MR) is 126 cm³/mol. The van der Waals surface area contributed by atoms with Gasteiger partial charge in [-0.1, -0.05) is 25.1 Å². The Bertz CT molecular complexity index is 1180. The van der Waals surface area contributed by atoms with Crippen LogP contribution in [0.25, 0.3) is 0 Å². The summed E-state index contributed by atoms with van der Waals surface area (Å²) >= 11 is 1.30. The zero-order valence-electron chi connectivity index (χ0n) is 19.4. The SMILES string of the molecule is CCOC(=O)c1[nH]c(C)c(C(=O)OCc2csc(N(C(C)=O)c3ccccc3CC)n2)c1C. The molecule has 1 amide bonds. The van der Waals surface area contributed by atoms with E-state index in [1.165, 1.54) is 18.3 Å². The molecule has 0 saturated heterocycles. The summed E-state index contributed by atoms with van der Waals surface area (Å²) in [6, 6.07) is 7.69. The standard InChI is InChI=1S/C24H27N3O5S/c1-6-17-10-8-9-11-19(17)27(16(5)28)24-26-18(13-33-24)12-32-22(29)20-14(3)21(25-15(20)4)23(30)31-7-2/h8-11,13,25H,6-7,12H2,1-5H3. The van der Waals surface area contributed by atoms with Gasteiger partial charge in [-0.3, -0.25) is 9.69 Å². The Balaban J connectivity index is 1.77. The number of benzene rings is 1. The Labute approximate surface area is 196 Å². The van der Waals surface area contributed by atoms with Gasteiger partial charge in [0.05, 0.1) is 23.6 Å². The number of ether oxygens (including phenoxy) is 2. The summed E-state index contributed by atoms with van der Waals surface area (Å²) in [7, 11) is 0. The first-order valence-corrected chi connectivity index (χ1v) is 11.5. The van der Waals surface area contributed by atoms with E-state index in [4.69, 9.17) is 9.47 Å². The maximum Gasteiger partial charge on any atom is 0.355 e. The molecule has 0 spiro atoms. The normalized spacial score (nSPS) is 10.7. The van der Waals surface area contributed by atoms with Crippen molar-refractivity contribution in [2.75, 3.05) is 11.5 Å². The highest BCUT2D eigenvalue weighted by molar-refractivity contribution is 7.14. The van der Waals surface area contributed by atoms with Gasteiger partial charge in [0.25, 0.3) is 0 Å². The van der Waals surface area contributed by atoms with Crippen molar-refractivity contribution in [3.05, 3.63) is 63.4 Å². The first-order chi connectivity index (χ1) is 15.8. The number of amides is 1. The van der Waals surface area contributed by atoms with Gasteiger partial charge in [-0.2, -0.15) is 0 Å². The maximum absolute atomic E-state index is 12.7. The van der Waals surface area contributed by atoms with Gasteiger partial charge in [-0.05, 0) is 44.4 Å². The zero-order valence-corrected chi connectivity index (χ0v) is 20.2. The number of thiazole rings is 1. The van der Waals surface area contributed by atoms with Crippen LogP contribution >= 0.6 is 11.3 Å². The van der Waals surface area contributed by atoms with E-state index in [2.05, 4.69) is 9.97 Å². The number of rotatable bonds is 8. The summed E-state index contributed by atoms with van der Waals surface area (Å²) in [6.07, 6.45) is 0.777. The van der Waals surface area contributed by atoms with Gasteiger partial charge in [0.1, 0.15) is 12.3 Å². The van der Waals surface area contributed by atoms with E-state index >= 15 is 0 Å². The van der Waals surface area contributed by atoms with Gasteiger partial charge in [0.2, 0.25) is 5.91 Å². The van der Waals surface area contributed by atoms with E-state index in [9.17, 15) is 14.4 Å². The fraction of sp³-hybridized carbons (Fsp3) is 0.333. The van der Waals surface area contributed by atoms with Gasteiger partial charge in [-0.15, -0.1) is 11.3 Å². The smallest absolute Gasteiger partial charge is 0.355 e. The van der Waals surface area contributed by atoms with Crippen molar-refractivity contribution < 1.29 is 23.9 Å². The fourth-order valence-electron chi connectivity index (χ4n) is 3.58. The second-order valence-electron chi connectivity index (χ2n) is 7.38. The van der Waals surface area contributed by atoms with Crippen LogP contribution in [0.4, 0.5) is 10.8 Å². The van der Waals surface area contributed by atoms with Crippen LogP contribution < -0.4 is 4.90 Å². The van der Waals surface area contributed by atoms with Gasteiger partial charge in [0, 0.05) is 18.0 Å². The van der Waals surface area contributed by atoms with E-state index in [-0.39, 0.29) is 24.8 Å². The van der Waals surface area contributed by atoms with Crippen LogP contribution in [0.3, 0.4) is 0 Å². The molecule has 0 radical (unpaired) electrons. The predicted octanol–water partition coefficient (Wildman–Crippen LogP) is 4.87. The summed E-state index contributed by atoms with van der Waals surface area (Å²) in [5, 5.41) is 2.27. The minimum Gasteiger partial charge on any atom is -0.461 e. The number of aromatic nitrogens is 2. The number of carbonyl (C=O) groups excluding carboxylic acids is 3. The number of H-pyrrole nitrogens is 1. The molecule has 2 aromatic heterocycles. The molecule has 0 unspecified atom stereocenters. The Hall–Kier alpha value is -3.46. The summed E-state index contributed by atoms with van der Waals surface area (Å²) in [4.78, 5) is 46.2. The molecule has 8 nitrogen and oxygen atoms in total.